The van der Waals surface area contributed by atoms with Crippen molar-refractivity contribution in [2.24, 2.45) is 0 Å². The SMILES string of the molecule is O=C1CCCC2=C1C(c1cccc(Br)c1)C1=C(CCCC1=O)N2. The average molecular weight is 372 g/mol. The minimum absolute atomic E-state index is 0.189. The molecular formula is C19H18BrNO2. The summed E-state index contributed by atoms with van der Waals surface area (Å²) in [5.41, 5.74) is 4.76. The summed E-state index contributed by atoms with van der Waals surface area (Å²) in [7, 11) is 0. The summed E-state index contributed by atoms with van der Waals surface area (Å²) in [6.45, 7) is 0. The van der Waals surface area contributed by atoms with Crippen molar-refractivity contribution in [1.82, 2.24) is 5.32 Å². The minimum atomic E-state index is -0.195. The third kappa shape index (κ3) is 2.49. The van der Waals surface area contributed by atoms with E-state index in [1.807, 2.05) is 24.3 Å². The van der Waals surface area contributed by atoms with Crippen LogP contribution in [0.3, 0.4) is 0 Å². The summed E-state index contributed by atoms with van der Waals surface area (Å²) in [6.07, 6.45) is 4.76. The molecule has 1 aliphatic heterocycles. The molecule has 118 valence electrons. The number of allylic oxidation sites excluding steroid dienone is 4. The first-order valence-corrected chi connectivity index (χ1v) is 8.99. The van der Waals surface area contributed by atoms with E-state index in [1.54, 1.807) is 0 Å². The van der Waals surface area contributed by atoms with E-state index < -0.39 is 0 Å². The number of Topliss-reactive ketones (excluding diaryl/α,β-unsaturated/α-hetero) is 2. The molecule has 3 aliphatic rings. The van der Waals surface area contributed by atoms with Crippen molar-refractivity contribution in [1.29, 1.82) is 0 Å². The Hall–Kier alpha value is -1.68. The van der Waals surface area contributed by atoms with Crippen LogP contribution in [0.25, 0.3) is 0 Å². The molecule has 4 heteroatoms. The van der Waals surface area contributed by atoms with Gasteiger partial charge in [0, 0.05) is 45.8 Å². The molecule has 0 atom stereocenters. The highest BCUT2D eigenvalue weighted by atomic mass is 79.9. The van der Waals surface area contributed by atoms with E-state index in [0.29, 0.717) is 12.8 Å². The fourth-order valence-electron chi connectivity index (χ4n) is 4.00. The van der Waals surface area contributed by atoms with Crippen molar-refractivity contribution >= 4 is 27.5 Å². The Balaban J connectivity index is 1.92. The lowest BCUT2D eigenvalue weighted by molar-refractivity contribution is -0.116. The van der Waals surface area contributed by atoms with Crippen LogP contribution in [0.5, 0.6) is 0 Å². The van der Waals surface area contributed by atoms with E-state index in [4.69, 9.17) is 0 Å². The van der Waals surface area contributed by atoms with Crippen molar-refractivity contribution in [3.8, 4) is 0 Å². The number of halogens is 1. The van der Waals surface area contributed by atoms with E-state index in [9.17, 15) is 9.59 Å². The van der Waals surface area contributed by atoms with Crippen LogP contribution < -0.4 is 5.32 Å². The van der Waals surface area contributed by atoms with Gasteiger partial charge in [0.05, 0.1) is 0 Å². The molecule has 0 aromatic heterocycles. The lowest BCUT2D eigenvalue weighted by atomic mass is 9.72. The lowest BCUT2D eigenvalue weighted by Crippen LogP contribution is -2.36. The Morgan fingerprint density at radius 3 is 2.09 bits per heavy atom. The smallest absolute Gasteiger partial charge is 0.161 e. The van der Waals surface area contributed by atoms with Crippen molar-refractivity contribution in [2.75, 3.05) is 0 Å². The zero-order chi connectivity index (χ0) is 16.0. The standard InChI is InChI=1S/C19H18BrNO2/c20-12-5-1-4-11(10-12)17-18-13(6-2-8-15(18)22)21-14-7-3-9-16(23)19(14)17/h1,4-5,10,17,21H,2-3,6-9H2. The molecule has 0 amide bonds. The molecule has 1 aromatic rings. The maximum Gasteiger partial charge on any atom is 0.161 e. The van der Waals surface area contributed by atoms with Gasteiger partial charge in [-0.2, -0.15) is 0 Å². The highest BCUT2D eigenvalue weighted by Gasteiger charge is 2.40. The van der Waals surface area contributed by atoms with E-state index in [2.05, 4.69) is 21.2 Å². The first kappa shape index (κ1) is 14.9. The Kier molecular flexibility index (Phi) is 3.72. The van der Waals surface area contributed by atoms with Crippen molar-refractivity contribution in [2.45, 2.75) is 44.4 Å². The van der Waals surface area contributed by atoms with Gasteiger partial charge < -0.3 is 5.32 Å². The van der Waals surface area contributed by atoms with Gasteiger partial charge in [-0.05, 0) is 43.4 Å². The largest absolute Gasteiger partial charge is 0.362 e. The molecule has 23 heavy (non-hydrogen) atoms. The van der Waals surface area contributed by atoms with E-state index in [0.717, 1.165) is 58.3 Å². The zero-order valence-electron chi connectivity index (χ0n) is 12.8. The monoisotopic (exact) mass is 371 g/mol. The molecule has 0 spiro atoms. The van der Waals surface area contributed by atoms with Crippen LogP contribution in [0, 0.1) is 0 Å². The van der Waals surface area contributed by atoms with Crippen LogP contribution in [0.1, 0.15) is 50.0 Å². The highest BCUT2D eigenvalue weighted by Crippen LogP contribution is 2.45. The van der Waals surface area contributed by atoms with E-state index in [-0.39, 0.29) is 17.5 Å². The van der Waals surface area contributed by atoms with E-state index in [1.165, 1.54) is 0 Å². The van der Waals surface area contributed by atoms with Gasteiger partial charge in [-0.25, -0.2) is 0 Å². The van der Waals surface area contributed by atoms with Crippen LogP contribution >= 0.6 is 15.9 Å². The second-order valence-corrected chi connectivity index (χ2v) is 7.37. The molecular weight excluding hydrogens is 354 g/mol. The normalized spacial score (nSPS) is 22.0. The van der Waals surface area contributed by atoms with E-state index >= 15 is 0 Å². The Bertz CT molecular complexity index is 733. The zero-order valence-corrected chi connectivity index (χ0v) is 14.4. The van der Waals surface area contributed by atoms with Crippen LogP contribution in [-0.2, 0) is 9.59 Å². The highest BCUT2D eigenvalue weighted by molar-refractivity contribution is 9.10. The number of carbonyl (C=O) groups excluding carboxylic acids is 2. The van der Waals surface area contributed by atoms with Gasteiger partial charge in [-0.15, -0.1) is 0 Å². The summed E-state index contributed by atoms with van der Waals surface area (Å²) >= 11 is 3.52. The number of hydrogen-bond donors (Lipinski definition) is 1. The minimum Gasteiger partial charge on any atom is -0.362 e. The molecule has 0 bridgehead atoms. The summed E-state index contributed by atoms with van der Waals surface area (Å²) in [4.78, 5) is 25.3. The third-order valence-electron chi connectivity index (χ3n) is 4.97. The van der Waals surface area contributed by atoms with Gasteiger partial charge in [0.1, 0.15) is 0 Å². The number of hydrogen-bond acceptors (Lipinski definition) is 3. The number of rotatable bonds is 1. The quantitative estimate of drug-likeness (QED) is 0.806. The summed E-state index contributed by atoms with van der Waals surface area (Å²) in [5, 5.41) is 3.44. The molecule has 0 radical (unpaired) electrons. The Labute approximate surface area is 144 Å². The number of ketones is 2. The van der Waals surface area contributed by atoms with Gasteiger partial charge in [-0.3, -0.25) is 9.59 Å². The maximum absolute atomic E-state index is 12.6. The topological polar surface area (TPSA) is 46.2 Å². The molecule has 0 saturated heterocycles. The predicted octanol–water partition coefficient (Wildman–Crippen LogP) is 4.15. The summed E-state index contributed by atoms with van der Waals surface area (Å²) < 4.78 is 0.976. The third-order valence-corrected chi connectivity index (χ3v) is 5.47. The second kappa shape index (κ2) is 5.75. The van der Waals surface area contributed by atoms with Crippen molar-refractivity contribution < 1.29 is 9.59 Å². The van der Waals surface area contributed by atoms with Crippen LogP contribution in [0.2, 0.25) is 0 Å². The Morgan fingerprint density at radius 2 is 1.52 bits per heavy atom. The summed E-state index contributed by atoms with van der Waals surface area (Å²) in [5.74, 6) is 0.182. The van der Waals surface area contributed by atoms with Crippen LogP contribution in [-0.4, -0.2) is 11.6 Å². The summed E-state index contributed by atoms with van der Waals surface area (Å²) in [6, 6.07) is 8.01. The molecule has 1 N–H and O–H groups in total. The molecule has 3 nitrogen and oxygen atoms in total. The molecule has 0 unspecified atom stereocenters. The molecule has 1 heterocycles. The first-order chi connectivity index (χ1) is 11.1. The van der Waals surface area contributed by atoms with Crippen LogP contribution in [0.15, 0.2) is 51.3 Å². The van der Waals surface area contributed by atoms with Crippen molar-refractivity contribution in [3.05, 3.63) is 56.8 Å². The fraction of sp³-hybridized carbons (Fsp3) is 0.368. The Morgan fingerprint density at radius 1 is 0.913 bits per heavy atom. The van der Waals surface area contributed by atoms with Gasteiger partial charge in [0.15, 0.2) is 11.6 Å². The first-order valence-electron chi connectivity index (χ1n) is 8.20. The lowest BCUT2D eigenvalue weighted by Gasteiger charge is -2.37. The van der Waals surface area contributed by atoms with Gasteiger partial charge in [-0.1, -0.05) is 28.1 Å². The van der Waals surface area contributed by atoms with Crippen LogP contribution in [0.4, 0.5) is 0 Å². The predicted molar refractivity (Wildman–Crippen MR) is 91.8 cm³/mol. The van der Waals surface area contributed by atoms with Gasteiger partial charge in [0.25, 0.3) is 0 Å². The molecule has 0 fully saturated rings. The maximum atomic E-state index is 12.6. The number of carbonyl (C=O) groups is 2. The van der Waals surface area contributed by atoms with Crippen molar-refractivity contribution in [3.63, 3.8) is 0 Å². The fourth-order valence-corrected chi connectivity index (χ4v) is 4.42. The number of dihydropyridines is 1. The molecule has 4 rings (SSSR count). The molecule has 2 aliphatic carbocycles. The number of benzene rings is 1. The molecule has 0 saturated carbocycles. The molecule has 1 aromatic carbocycles. The van der Waals surface area contributed by atoms with Gasteiger partial charge in [0.2, 0.25) is 0 Å². The second-order valence-electron chi connectivity index (χ2n) is 6.45. The number of nitrogens with one attached hydrogen (secondary N) is 1. The average Bonchev–Trinajstić information content (AvgIpc) is 2.53. The van der Waals surface area contributed by atoms with Gasteiger partial charge >= 0.3 is 0 Å².